The van der Waals surface area contributed by atoms with Crippen LogP contribution in [0.1, 0.15) is 32.6 Å². The zero-order chi connectivity index (χ0) is 19.5. The number of hydrogen-bond acceptors (Lipinski definition) is 7. The molecule has 0 saturated heterocycles. The Balaban J connectivity index is 1.49. The fraction of sp³-hybridized carbons (Fsp3) is 0.158. The van der Waals surface area contributed by atoms with Crippen LogP contribution in [0.3, 0.4) is 0 Å². The first-order chi connectivity index (χ1) is 13.6. The molecule has 0 bridgehead atoms. The van der Waals surface area contributed by atoms with Crippen LogP contribution in [0.15, 0.2) is 58.5 Å². The molecular formula is C19H14ClN3O3S2. The number of ether oxygens (including phenoxy) is 1. The van der Waals surface area contributed by atoms with Crippen LogP contribution in [0.25, 0.3) is 0 Å². The average Bonchev–Trinajstić information content (AvgIpc) is 3.46. The lowest BCUT2D eigenvalue weighted by molar-refractivity contribution is -0.136. The maximum absolute atomic E-state index is 12.8. The molecule has 6 nitrogen and oxygen atoms in total. The van der Waals surface area contributed by atoms with Crippen LogP contribution in [0, 0.1) is 0 Å². The molecular weight excluding hydrogens is 418 g/mol. The van der Waals surface area contributed by atoms with Gasteiger partial charge in [-0.3, -0.25) is 4.79 Å². The van der Waals surface area contributed by atoms with Gasteiger partial charge in [0, 0.05) is 17.5 Å². The van der Waals surface area contributed by atoms with Crippen LogP contribution < -0.4 is 0 Å². The van der Waals surface area contributed by atoms with Crippen LogP contribution in [-0.4, -0.2) is 34.2 Å². The van der Waals surface area contributed by atoms with Crippen molar-refractivity contribution in [1.82, 2.24) is 9.99 Å². The number of halogens is 1. The van der Waals surface area contributed by atoms with Crippen molar-refractivity contribution in [2.75, 3.05) is 6.61 Å². The normalized spacial score (nSPS) is 16.1. The number of hydrogen-bond donors (Lipinski definition) is 0. The highest BCUT2D eigenvalue weighted by Crippen LogP contribution is 2.35. The molecule has 0 spiro atoms. The molecule has 0 fully saturated rings. The van der Waals surface area contributed by atoms with E-state index in [1.807, 2.05) is 35.0 Å². The molecule has 28 heavy (non-hydrogen) atoms. The number of thiophene rings is 2. The van der Waals surface area contributed by atoms with Gasteiger partial charge in [-0.1, -0.05) is 23.7 Å². The van der Waals surface area contributed by atoms with Gasteiger partial charge in [0.2, 0.25) is 0 Å². The number of aromatic nitrogens is 1. The second kappa shape index (κ2) is 8.22. The van der Waals surface area contributed by atoms with Gasteiger partial charge in [0.1, 0.15) is 5.15 Å². The van der Waals surface area contributed by atoms with Crippen molar-refractivity contribution in [2.45, 2.75) is 12.5 Å². The maximum Gasteiger partial charge on any atom is 0.338 e. The lowest BCUT2D eigenvalue weighted by Gasteiger charge is -2.20. The first kappa shape index (κ1) is 18.8. The summed E-state index contributed by atoms with van der Waals surface area (Å²) in [6.07, 6.45) is 2.03. The third-order valence-corrected chi connectivity index (χ3v) is 6.23. The Bertz CT molecular complexity index is 1020. The third-order valence-electron chi connectivity index (χ3n) is 4.13. The zero-order valence-electron chi connectivity index (χ0n) is 14.4. The van der Waals surface area contributed by atoms with Gasteiger partial charge < -0.3 is 4.74 Å². The van der Waals surface area contributed by atoms with Gasteiger partial charge in [0.05, 0.1) is 22.2 Å². The summed E-state index contributed by atoms with van der Waals surface area (Å²) >= 11 is 8.94. The second-order valence-corrected chi connectivity index (χ2v) is 8.26. The number of amides is 1. The van der Waals surface area contributed by atoms with E-state index in [1.165, 1.54) is 23.3 Å². The molecule has 1 aliphatic heterocycles. The molecule has 0 saturated carbocycles. The minimum atomic E-state index is -0.632. The Kier molecular flexibility index (Phi) is 5.52. The van der Waals surface area contributed by atoms with Crippen molar-refractivity contribution in [1.29, 1.82) is 0 Å². The minimum absolute atomic E-state index is 0.184. The summed E-state index contributed by atoms with van der Waals surface area (Å²) in [7, 11) is 0. The number of rotatable bonds is 5. The van der Waals surface area contributed by atoms with Crippen molar-refractivity contribution >= 4 is 51.9 Å². The molecule has 1 aliphatic rings. The molecule has 0 N–H and O–H groups in total. The smallest absolute Gasteiger partial charge is 0.338 e. The van der Waals surface area contributed by atoms with Crippen LogP contribution in [0.2, 0.25) is 5.15 Å². The van der Waals surface area contributed by atoms with Gasteiger partial charge in [0.15, 0.2) is 6.61 Å². The van der Waals surface area contributed by atoms with Gasteiger partial charge in [-0.15, -0.1) is 22.7 Å². The molecule has 3 aromatic rings. The third kappa shape index (κ3) is 3.99. The highest BCUT2D eigenvalue weighted by atomic mass is 35.5. The van der Waals surface area contributed by atoms with Gasteiger partial charge in [0.25, 0.3) is 5.91 Å². The number of hydrazone groups is 1. The first-order valence-corrected chi connectivity index (χ1v) is 10.5. The fourth-order valence-corrected chi connectivity index (χ4v) is 4.55. The lowest BCUT2D eigenvalue weighted by atomic mass is 10.1. The number of carbonyl (C=O) groups excluding carboxylic acids is 2. The molecule has 9 heteroatoms. The standard InChI is InChI=1S/C19H14ClN3O3S2/c20-17-9-12(5-6-21-17)19(25)26-11-18(24)23-14(16-4-2-8-28-16)10-13(22-23)15-3-1-7-27-15/h1-9,14H,10-11H2. The number of nitrogens with zero attached hydrogens (tertiary/aromatic N) is 3. The van der Waals surface area contributed by atoms with Gasteiger partial charge >= 0.3 is 5.97 Å². The number of carbonyl (C=O) groups is 2. The fourth-order valence-electron chi connectivity index (χ4n) is 2.84. The average molecular weight is 432 g/mol. The van der Waals surface area contributed by atoms with E-state index in [9.17, 15) is 9.59 Å². The van der Waals surface area contributed by atoms with Crippen molar-refractivity contribution in [2.24, 2.45) is 5.10 Å². The van der Waals surface area contributed by atoms with E-state index in [-0.39, 0.29) is 22.7 Å². The number of esters is 1. The van der Waals surface area contributed by atoms with Crippen molar-refractivity contribution in [3.05, 3.63) is 73.8 Å². The maximum atomic E-state index is 12.8. The highest BCUT2D eigenvalue weighted by Gasteiger charge is 2.34. The van der Waals surface area contributed by atoms with E-state index in [0.717, 1.165) is 15.5 Å². The predicted octanol–water partition coefficient (Wildman–Crippen LogP) is 4.39. The van der Waals surface area contributed by atoms with Gasteiger partial charge in [-0.25, -0.2) is 14.8 Å². The highest BCUT2D eigenvalue weighted by molar-refractivity contribution is 7.12. The summed E-state index contributed by atoms with van der Waals surface area (Å²) in [4.78, 5) is 30.8. The predicted molar refractivity (Wildman–Crippen MR) is 109 cm³/mol. The summed E-state index contributed by atoms with van der Waals surface area (Å²) in [6.45, 7) is -0.401. The van der Waals surface area contributed by atoms with E-state index in [1.54, 1.807) is 22.7 Å². The summed E-state index contributed by atoms with van der Waals surface area (Å²) in [5, 5.41) is 10.1. The van der Waals surface area contributed by atoms with E-state index in [2.05, 4.69) is 10.1 Å². The Morgan fingerprint density at radius 1 is 1.21 bits per heavy atom. The molecule has 1 unspecified atom stereocenters. The quantitative estimate of drug-likeness (QED) is 0.443. The van der Waals surface area contributed by atoms with Crippen molar-refractivity contribution in [3.63, 3.8) is 0 Å². The zero-order valence-corrected chi connectivity index (χ0v) is 16.8. The van der Waals surface area contributed by atoms with Crippen LogP contribution >= 0.6 is 34.3 Å². The largest absolute Gasteiger partial charge is 0.452 e. The first-order valence-electron chi connectivity index (χ1n) is 8.37. The van der Waals surface area contributed by atoms with E-state index < -0.39 is 12.6 Å². The van der Waals surface area contributed by atoms with Crippen LogP contribution in [0.5, 0.6) is 0 Å². The Morgan fingerprint density at radius 2 is 2.04 bits per heavy atom. The summed E-state index contributed by atoms with van der Waals surface area (Å²) in [5.41, 5.74) is 1.10. The van der Waals surface area contributed by atoms with E-state index in [4.69, 9.17) is 16.3 Å². The summed E-state index contributed by atoms with van der Waals surface area (Å²) in [5.74, 6) is -1.01. The Labute approximate surface area is 174 Å². The van der Waals surface area contributed by atoms with E-state index in [0.29, 0.717) is 6.42 Å². The monoisotopic (exact) mass is 431 g/mol. The molecule has 142 valence electrons. The molecule has 4 rings (SSSR count). The number of pyridine rings is 1. The molecule has 1 amide bonds. The van der Waals surface area contributed by atoms with Crippen molar-refractivity contribution in [3.8, 4) is 0 Å². The molecule has 0 radical (unpaired) electrons. The molecule has 0 aromatic carbocycles. The van der Waals surface area contributed by atoms with Crippen LogP contribution in [0.4, 0.5) is 0 Å². The molecule has 0 aliphatic carbocycles. The topological polar surface area (TPSA) is 71.9 Å². The minimum Gasteiger partial charge on any atom is -0.452 e. The van der Waals surface area contributed by atoms with Crippen LogP contribution in [-0.2, 0) is 9.53 Å². The van der Waals surface area contributed by atoms with Gasteiger partial charge in [-0.2, -0.15) is 5.10 Å². The molecule has 1 atom stereocenters. The molecule has 3 aromatic heterocycles. The Hall–Kier alpha value is -2.55. The lowest BCUT2D eigenvalue weighted by Crippen LogP contribution is -2.31. The summed E-state index contributed by atoms with van der Waals surface area (Å²) in [6, 6.07) is 10.5. The van der Waals surface area contributed by atoms with Crippen molar-refractivity contribution < 1.29 is 14.3 Å². The van der Waals surface area contributed by atoms with Gasteiger partial charge in [-0.05, 0) is 35.0 Å². The molecule has 4 heterocycles. The summed E-state index contributed by atoms with van der Waals surface area (Å²) < 4.78 is 5.17. The SMILES string of the molecule is O=C(OCC(=O)N1N=C(c2cccs2)CC1c1cccs1)c1ccnc(Cl)c1. The van der Waals surface area contributed by atoms with E-state index >= 15 is 0 Å². The Morgan fingerprint density at radius 3 is 2.75 bits per heavy atom. The second-order valence-electron chi connectivity index (χ2n) is 5.94.